The molecule has 0 aliphatic heterocycles. The van der Waals surface area contributed by atoms with E-state index in [0.717, 1.165) is 27.6 Å². The second-order valence-corrected chi connectivity index (χ2v) is 6.56. The third-order valence-corrected chi connectivity index (χ3v) is 4.46. The minimum absolute atomic E-state index is 0.0958. The molecule has 0 radical (unpaired) electrons. The van der Waals surface area contributed by atoms with E-state index in [1.165, 1.54) is 0 Å². The van der Waals surface area contributed by atoms with Gasteiger partial charge in [-0.2, -0.15) is 5.21 Å². The third kappa shape index (κ3) is 4.49. The van der Waals surface area contributed by atoms with Crippen molar-refractivity contribution in [3.05, 3.63) is 71.8 Å². The van der Waals surface area contributed by atoms with E-state index in [9.17, 15) is 4.79 Å². The SMILES string of the molecule is Cc1ccc(NC(=O)COc2ccc3ccccc3c2CNc2nn[nH]n2)cc1. The van der Waals surface area contributed by atoms with Crippen LogP contribution in [0.4, 0.5) is 11.6 Å². The summed E-state index contributed by atoms with van der Waals surface area (Å²) in [6, 6.07) is 19.5. The standard InChI is InChI=1S/C21H20N6O2/c1-14-6-9-16(10-7-14)23-20(28)13-29-19-11-8-15-4-2-3-5-17(15)18(19)12-22-21-24-26-27-25-21/h2-11H,12-13H2,1H3,(H,23,28)(H2,22,24,25,26,27). The maximum Gasteiger partial charge on any atom is 0.263 e. The van der Waals surface area contributed by atoms with Gasteiger partial charge in [-0.25, -0.2) is 0 Å². The Labute approximate surface area is 167 Å². The highest BCUT2D eigenvalue weighted by Gasteiger charge is 2.12. The van der Waals surface area contributed by atoms with Crippen molar-refractivity contribution < 1.29 is 9.53 Å². The number of H-pyrrole nitrogens is 1. The Kier molecular flexibility index (Phi) is 5.33. The molecule has 0 aliphatic rings. The van der Waals surface area contributed by atoms with Gasteiger partial charge < -0.3 is 15.4 Å². The number of amides is 1. The van der Waals surface area contributed by atoms with Gasteiger partial charge in [-0.3, -0.25) is 4.79 Å². The average molecular weight is 388 g/mol. The van der Waals surface area contributed by atoms with Gasteiger partial charge in [-0.1, -0.05) is 53.1 Å². The lowest BCUT2D eigenvalue weighted by Crippen LogP contribution is -2.20. The van der Waals surface area contributed by atoms with Crippen LogP contribution in [0.1, 0.15) is 11.1 Å². The van der Waals surface area contributed by atoms with E-state index in [4.69, 9.17) is 4.74 Å². The van der Waals surface area contributed by atoms with Gasteiger partial charge in [-0.05, 0) is 41.1 Å². The van der Waals surface area contributed by atoms with E-state index in [1.54, 1.807) is 0 Å². The fraction of sp³-hybridized carbons (Fsp3) is 0.143. The smallest absolute Gasteiger partial charge is 0.263 e. The number of ether oxygens (including phenoxy) is 1. The summed E-state index contributed by atoms with van der Waals surface area (Å²) in [6.45, 7) is 2.33. The Morgan fingerprint density at radius 2 is 1.90 bits per heavy atom. The number of hydrogen-bond donors (Lipinski definition) is 3. The normalized spacial score (nSPS) is 10.7. The maximum absolute atomic E-state index is 12.3. The molecule has 3 N–H and O–H groups in total. The van der Waals surface area contributed by atoms with Crippen LogP contribution < -0.4 is 15.4 Å². The van der Waals surface area contributed by atoms with Gasteiger partial charge >= 0.3 is 0 Å². The topological polar surface area (TPSA) is 105 Å². The first-order valence-corrected chi connectivity index (χ1v) is 9.16. The van der Waals surface area contributed by atoms with Gasteiger partial charge in [0.1, 0.15) is 5.75 Å². The molecule has 3 aromatic carbocycles. The molecule has 8 heteroatoms. The van der Waals surface area contributed by atoms with E-state index in [0.29, 0.717) is 18.2 Å². The van der Waals surface area contributed by atoms with Crippen LogP contribution in [0.2, 0.25) is 0 Å². The summed E-state index contributed by atoms with van der Waals surface area (Å²) in [6.07, 6.45) is 0. The fourth-order valence-electron chi connectivity index (χ4n) is 3.01. The molecule has 0 spiro atoms. The first-order valence-electron chi connectivity index (χ1n) is 9.16. The average Bonchev–Trinajstić information content (AvgIpc) is 3.26. The first-order chi connectivity index (χ1) is 14.2. The van der Waals surface area contributed by atoms with Crippen molar-refractivity contribution in [1.82, 2.24) is 20.6 Å². The Hall–Kier alpha value is -3.94. The monoisotopic (exact) mass is 388 g/mol. The van der Waals surface area contributed by atoms with Gasteiger partial charge in [-0.15, -0.1) is 5.10 Å². The number of nitrogens with zero attached hydrogens (tertiary/aromatic N) is 3. The molecule has 0 aliphatic carbocycles. The third-order valence-electron chi connectivity index (χ3n) is 4.46. The minimum Gasteiger partial charge on any atom is -0.483 e. The van der Waals surface area contributed by atoms with Crippen LogP contribution in [0.5, 0.6) is 5.75 Å². The summed E-state index contributed by atoms with van der Waals surface area (Å²) in [7, 11) is 0. The Morgan fingerprint density at radius 1 is 1.07 bits per heavy atom. The number of fused-ring (bicyclic) bond motifs is 1. The summed E-state index contributed by atoms with van der Waals surface area (Å²) in [5.41, 5.74) is 2.78. The molecule has 1 amide bonds. The predicted octanol–water partition coefficient (Wildman–Crippen LogP) is 3.29. The van der Waals surface area contributed by atoms with Crippen molar-refractivity contribution in [1.29, 1.82) is 0 Å². The molecule has 29 heavy (non-hydrogen) atoms. The zero-order valence-corrected chi connectivity index (χ0v) is 15.8. The highest BCUT2D eigenvalue weighted by atomic mass is 16.5. The van der Waals surface area contributed by atoms with Crippen LogP contribution >= 0.6 is 0 Å². The predicted molar refractivity (Wildman–Crippen MR) is 111 cm³/mol. The van der Waals surface area contributed by atoms with Crippen molar-refractivity contribution in [2.45, 2.75) is 13.5 Å². The summed E-state index contributed by atoms with van der Waals surface area (Å²) in [5, 5.41) is 21.8. The van der Waals surface area contributed by atoms with Gasteiger partial charge in [0, 0.05) is 17.8 Å². The molecule has 146 valence electrons. The first kappa shape index (κ1) is 18.4. The second-order valence-electron chi connectivity index (χ2n) is 6.56. The van der Waals surface area contributed by atoms with Crippen LogP contribution in [0.25, 0.3) is 10.8 Å². The molecule has 1 heterocycles. The van der Waals surface area contributed by atoms with Crippen molar-refractivity contribution in [2.75, 3.05) is 17.2 Å². The van der Waals surface area contributed by atoms with E-state index in [-0.39, 0.29) is 12.5 Å². The number of carbonyl (C=O) groups is 1. The summed E-state index contributed by atoms with van der Waals surface area (Å²) in [4.78, 5) is 12.3. The van der Waals surface area contributed by atoms with Gasteiger partial charge in [0.05, 0.1) is 0 Å². The van der Waals surface area contributed by atoms with Crippen LogP contribution in [-0.4, -0.2) is 33.1 Å². The van der Waals surface area contributed by atoms with Gasteiger partial charge in [0.2, 0.25) is 0 Å². The number of tetrazole rings is 1. The fourth-order valence-corrected chi connectivity index (χ4v) is 3.01. The zero-order chi connectivity index (χ0) is 20.1. The second kappa shape index (κ2) is 8.39. The zero-order valence-electron chi connectivity index (χ0n) is 15.8. The molecular formula is C21H20N6O2. The van der Waals surface area contributed by atoms with Crippen LogP contribution in [0, 0.1) is 6.92 Å². The lowest BCUT2D eigenvalue weighted by molar-refractivity contribution is -0.118. The number of carbonyl (C=O) groups excluding carboxylic acids is 1. The van der Waals surface area contributed by atoms with E-state index >= 15 is 0 Å². The quantitative estimate of drug-likeness (QED) is 0.449. The molecule has 1 aromatic heterocycles. The van der Waals surface area contributed by atoms with Gasteiger partial charge in [0.15, 0.2) is 6.61 Å². The summed E-state index contributed by atoms with van der Waals surface area (Å²) < 4.78 is 5.86. The van der Waals surface area contributed by atoms with Crippen LogP contribution in [-0.2, 0) is 11.3 Å². The largest absolute Gasteiger partial charge is 0.483 e. The number of benzene rings is 3. The van der Waals surface area contributed by atoms with E-state index in [1.807, 2.05) is 67.6 Å². The highest BCUT2D eigenvalue weighted by molar-refractivity contribution is 5.92. The van der Waals surface area contributed by atoms with E-state index in [2.05, 4.69) is 31.3 Å². The molecule has 4 aromatic rings. The number of rotatable bonds is 7. The van der Waals surface area contributed by atoms with Gasteiger partial charge in [0.25, 0.3) is 11.9 Å². The molecule has 0 saturated heterocycles. The van der Waals surface area contributed by atoms with E-state index < -0.39 is 0 Å². The summed E-state index contributed by atoms with van der Waals surface area (Å²) >= 11 is 0. The molecule has 0 atom stereocenters. The molecule has 4 rings (SSSR count). The van der Waals surface area contributed by atoms with Crippen molar-refractivity contribution in [2.24, 2.45) is 0 Å². The highest BCUT2D eigenvalue weighted by Crippen LogP contribution is 2.28. The summed E-state index contributed by atoms with van der Waals surface area (Å²) in [5.74, 6) is 0.791. The lowest BCUT2D eigenvalue weighted by atomic mass is 10.0. The van der Waals surface area contributed by atoms with Crippen molar-refractivity contribution >= 4 is 28.3 Å². The maximum atomic E-state index is 12.3. The lowest BCUT2D eigenvalue weighted by Gasteiger charge is -2.14. The van der Waals surface area contributed by atoms with Crippen molar-refractivity contribution in [3.8, 4) is 5.75 Å². The molecule has 0 unspecified atom stereocenters. The molecule has 8 nitrogen and oxygen atoms in total. The molecule has 0 fully saturated rings. The van der Waals surface area contributed by atoms with Crippen molar-refractivity contribution in [3.63, 3.8) is 0 Å². The Bertz CT molecular complexity index is 1110. The Morgan fingerprint density at radius 3 is 2.69 bits per heavy atom. The molecule has 0 bridgehead atoms. The van der Waals surface area contributed by atoms with Crippen LogP contribution in [0.15, 0.2) is 60.7 Å². The number of hydrogen-bond acceptors (Lipinski definition) is 6. The molecule has 0 saturated carbocycles. The minimum atomic E-state index is -0.223. The van der Waals surface area contributed by atoms with Crippen LogP contribution in [0.3, 0.4) is 0 Å². The number of aromatic amines is 1. The molecular weight excluding hydrogens is 368 g/mol. The Balaban J connectivity index is 1.50. The number of aromatic nitrogens is 4. The number of aryl methyl sites for hydroxylation is 1. The number of anilines is 2. The number of nitrogens with one attached hydrogen (secondary N) is 3.